The average Bonchev–Trinajstić information content (AvgIpc) is 2.99. The number of carbonyl (C=O) groups excluding carboxylic acids is 1. The van der Waals surface area contributed by atoms with Gasteiger partial charge in [0, 0.05) is 25.2 Å². The molecule has 1 aliphatic heterocycles. The van der Waals surface area contributed by atoms with Gasteiger partial charge in [0.15, 0.2) is 5.76 Å². The number of benzene rings is 1. The molecule has 1 aliphatic rings. The fourth-order valence-electron chi connectivity index (χ4n) is 2.20. The van der Waals surface area contributed by atoms with Crippen LogP contribution in [0.3, 0.4) is 0 Å². The number of nitrogens with zero attached hydrogens (tertiary/aromatic N) is 3. The summed E-state index contributed by atoms with van der Waals surface area (Å²) in [6, 6.07) is 11.8. The van der Waals surface area contributed by atoms with E-state index in [-0.39, 0.29) is 5.91 Å². The topological polar surface area (TPSA) is 49.6 Å². The van der Waals surface area contributed by atoms with Crippen molar-refractivity contribution in [3.63, 3.8) is 0 Å². The predicted octanol–water partition coefficient (Wildman–Crippen LogP) is 1.57. The van der Waals surface area contributed by atoms with E-state index in [0.717, 1.165) is 17.0 Å². The van der Waals surface area contributed by atoms with Crippen LogP contribution in [0.1, 0.15) is 5.69 Å². The minimum absolute atomic E-state index is 0.145. The summed E-state index contributed by atoms with van der Waals surface area (Å²) in [6.07, 6.45) is 0. The molecule has 0 bridgehead atoms. The van der Waals surface area contributed by atoms with Crippen LogP contribution in [0.2, 0.25) is 0 Å². The Morgan fingerprint density at radius 1 is 1.32 bits per heavy atom. The largest absolute Gasteiger partial charge is 0.356 e. The Bertz CT molecular complexity index is 579. The molecule has 0 N–H and O–H groups in total. The van der Waals surface area contributed by atoms with Crippen LogP contribution in [-0.4, -0.2) is 41.1 Å². The van der Waals surface area contributed by atoms with Gasteiger partial charge in [-0.25, -0.2) is 0 Å². The Morgan fingerprint density at radius 3 is 2.79 bits per heavy atom. The monoisotopic (exact) mass is 257 g/mol. The number of likely N-dealkylation sites (N-methyl/N-ethyl adjacent to an activating group) is 1. The molecule has 1 fully saturated rings. The minimum atomic E-state index is 0.145. The molecular formula is C14H15N3O2. The zero-order valence-corrected chi connectivity index (χ0v) is 10.7. The fraction of sp³-hybridized carbons (Fsp3) is 0.286. The van der Waals surface area contributed by atoms with Gasteiger partial charge in [0.25, 0.3) is 0 Å². The molecule has 1 saturated heterocycles. The summed E-state index contributed by atoms with van der Waals surface area (Å²) in [7, 11) is 1.81. The fourth-order valence-corrected chi connectivity index (χ4v) is 2.20. The Kier molecular flexibility index (Phi) is 3.05. The first-order chi connectivity index (χ1) is 9.22. The van der Waals surface area contributed by atoms with Gasteiger partial charge >= 0.3 is 0 Å². The van der Waals surface area contributed by atoms with E-state index < -0.39 is 0 Å². The maximum absolute atomic E-state index is 11.4. The molecule has 1 aromatic heterocycles. The van der Waals surface area contributed by atoms with E-state index in [1.54, 1.807) is 11.9 Å². The maximum Gasteiger partial charge on any atom is 0.237 e. The number of carbonyl (C=O) groups is 1. The predicted molar refractivity (Wildman–Crippen MR) is 70.0 cm³/mol. The van der Waals surface area contributed by atoms with Crippen LogP contribution >= 0.6 is 0 Å². The van der Waals surface area contributed by atoms with Crippen molar-refractivity contribution in [3.8, 4) is 11.3 Å². The van der Waals surface area contributed by atoms with Gasteiger partial charge in [-0.2, -0.15) is 0 Å². The highest BCUT2D eigenvalue weighted by Crippen LogP contribution is 2.20. The number of amides is 1. The lowest BCUT2D eigenvalue weighted by atomic mass is 10.1. The molecule has 0 unspecified atom stereocenters. The molecule has 1 aromatic carbocycles. The Morgan fingerprint density at radius 2 is 2.11 bits per heavy atom. The summed E-state index contributed by atoms with van der Waals surface area (Å²) in [4.78, 5) is 15.2. The summed E-state index contributed by atoms with van der Waals surface area (Å²) < 4.78 is 5.34. The van der Waals surface area contributed by atoms with Gasteiger partial charge in [-0.1, -0.05) is 35.5 Å². The van der Waals surface area contributed by atoms with Crippen molar-refractivity contribution in [3.05, 3.63) is 42.1 Å². The van der Waals surface area contributed by atoms with Crippen LogP contribution in [0.4, 0.5) is 0 Å². The molecule has 5 heteroatoms. The Balaban J connectivity index is 1.71. The van der Waals surface area contributed by atoms with Crippen LogP contribution in [0, 0.1) is 0 Å². The summed E-state index contributed by atoms with van der Waals surface area (Å²) in [5, 5.41) is 4.06. The lowest BCUT2D eigenvalue weighted by Gasteiger charge is -2.11. The second-order valence-corrected chi connectivity index (χ2v) is 4.77. The first-order valence-corrected chi connectivity index (χ1v) is 6.20. The molecule has 3 rings (SSSR count). The molecular weight excluding hydrogens is 242 g/mol. The van der Waals surface area contributed by atoms with Gasteiger partial charge in [0.2, 0.25) is 5.91 Å². The van der Waals surface area contributed by atoms with E-state index in [0.29, 0.717) is 19.8 Å². The highest BCUT2D eigenvalue weighted by molar-refractivity contribution is 5.79. The van der Waals surface area contributed by atoms with Crippen LogP contribution in [0.15, 0.2) is 40.9 Å². The third kappa shape index (κ3) is 2.51. The van der Waals surface area contributed by atoms with Crippen molar-refractivity contribution in [2.45, 2.75) is 6.54 Å². The second-order valence-electron chi connectivity index (χ2n) is 4.77. The number of hydrogen-bond acceptors (Lipinski definition) is 4. The smallest absolute Gasteiger partial charge is 0.237 e. The highest BCUT2D eigenvalue weighted by atomic mass is 16.5. The SMILES string of the molecule is CN1CN(Cc2cc(-c3ccccc3)on2)CC1=O. The Hall–Kier alpha value is -2.14. The van der Waals surface area contributed by atoms with Gasteiger partial charge in [-0.05, 0) is 0 Å². The zero-order chi connectivity index (χ0) is 13.2. The van der Waals surface area contributed by atoms with Gasteiger partial charge in [-0.15, -0.1) is 0 Å². The van der Waals surface area contributed by atoms with E-state index in [4.69, 9.17) is 4.52 Å². The molecule has 0 atom stereocenters. The van der Waals surface area contributed by atoms with E-state index in [9.17, 15) is 4.79 Å². The standard InChI is InChI=1S/C14H15N3O2/c1-16-10-17(9-14(16)18)8-12-7-13(19-15-12)11-5-3-2-4-6-11/h2-7H,8-10H2,1H3. The van der Waals surface area contributed by atoms with Crippen LogP contribution in [0.25, 0.3) is 11.3 Å². The van der Waals surface area contributed by atoms with E-state index in [2.05, 4.69) is 5.16 Å². The van der Waals surface area contributed by atoms with Crippen LogP contribution in [-0.2, 0) is 11.3 Å². The molecule has 2 heterocycles. The molecule has 1 amide bonds. The van der Waals surface area contributed by atoms with Gasteiger partial charge in [0.1, 0.15) is 0 Å². The third-order valence-corrected chi connectivity index (χ3v) is 3.20. The number of rotatable bonds is 3. The van der Waals surface area contributed by atoms with Crippen molar-refractivity contribution in [1.29, 1.82) is 0 Å². The minimum Gasteiger partial charge on any atom is -0.356 e. The maximum atomic E-state index is 11.4. The summed E-state index contributed by atoms with van der Waals surface area (Å²) >= 11 is 0. The summed E-state index contributed by atoms with van der Waals surface area (Å²) in [5.41, 5.74) is 1.86. The molecule has 2 aromatic rings. The lowest BCUT2D eigenvalue weighted by Crippen LogP contribution is -2.22. The summed E-state index contributed by atoms with van der Waals surface area (Å²) in [6.45, 7) is 1.73. The first-order valence-electron chi connectivity index (χ1n) is 6.20. The molecule has 19 heavy (non-hydrogen) atoms. The van der Waals surface area contributed by atoms with E-state index >= 15 is 0 Å². The van der Waals surface area contributed by atoms with Gasteiger partial charge in [0.05, 0.1) is 18.9 Å². The summed E-state index contributed by atoms with van der Waals surface area (Å²) in [5.74, 6) is 0.904. The lowest BCUT2D eigenvalue weighted by molar-refractivity contribution is -0.125. The molecule has 5 nitrogen and oxygen atoms in total. The van der Waals surface area contributed by atoms with Crippen molar-refractivity contribution in [2.75, 3.05) is 20.3 Å². The zero-order valence-electron chi connectivity index (χ0n) is 10.7. The highest BCUT2D eigenvalue weighted by Gasteiger charge is 2.24. The van der Waals surface area contributed by atoms with E-state index in [1.165, 1.54) is 0 Å². The quantitative estimate of drug-likeness (QED) is 0.837. The second kappa shape index (κ2) is 4.85. The van der Waals surface area contributed by atoms with Crippen LogP contribution in [0.5, 0.6) is 0 Å². The van der Waals surface area contributed by atoms with Crippen molar-refractivity contribution < 1.29 is 9.32 Å². The normalized spacial score (nSPS) is 16.3. The van der Waals surface area contributed by atoms with Crippen LogP contribution < -0.4 is 0 Å². The number of hydrogen-bond donors (Lipinski definition) is 0. The van der Waals surface area contributed by atoms with E-state index in [1.807, 2.05) is 41.3 Å². The van der Waals surface area contributed by atoms with Crippen molar-refractivity contribution in [1.82, 2.24) is 15.0 Å². The molecule has 0 spiro atoms. The molecule has 0 saturated carbocycles. The third-order valence-electron chi connectivity index (χ3n) is 3.20. The van der Waals surface area contributed by atoms with Crippen molar-refractivity contribution >= 4 is 5.91 Å². The first kappa shape index (κ1) is 11.9. The molecule has 0 radical (unpaired) electrons. The molecule has 0 aliphatic carbocycles. The molecule has 98 valence electrons. The Labute approximate surface area is 111 Å². The van der Waals surface area contributed by atoms with Crippen molar-refractivity contribution in [2.24, 2.45) is 0 Å². The van der Waals surface area contributed by atoms with Gasteiger partial charge in [-0.3, -0.25) is 9.69 Å². The number of aromatic nitrogens is 1. The van der Waals surface area contributed by atoms with Gasteiger partial charge < -0.3 is 9.42 Å². The average molecular weight is 257 g/mol.